The van der Waals surface area contributed by atoms with E-state index >= 15 is 0 Å². The van der Waals surface area contributed by atoms with Crippen molar-refractivity contribution >= 4 is 10.0 Å². The summed E-state index contributed by atoms with van der Waals surface area (Å²) in [5, 5.41) is -0.423. The monoisotopic (exact) mass is 423 g/mol. The summed E-state index contributed by atoms with van der Waals surface area (Å²) in [6.45, 7) is 10.9. The third kappa shape index (κ3) is 8.17. The van der Waals surface area contributed by atoms with Crippen LogP contribution in [0.25, 0.3) is 11.1 Å². The van der Waals surface area contributed by atoms with Crippen molar-refractivity contribution in [3.8, 4) is 16.9 Å². The molecule has 2 aromatic rings. The molecule has 0 spiro atoms. The SMILES string of the molecule is CC.COCCOc1ccc(-c2ccc(C(C)CNS(=O)(=O)C(C)C)cc2)cc1.[HH]. The van der Waals surface area contributed by atoms with E-state index in [4.69, 9.17) is 9.47 Å². The molecule has 5 nitrogen and oxygen atoms in total. The second kappa shape index (κ2) is 12.6. The normalized spacial score (nSPS) is 12.2. The van der Waals surface area contributed by atoms with Gasteiger partial charge in [0.25, 0.3) is 0 Å². The number of hydrogen-bond acceptors (Lipinski definition) is 4. The molecule has 0 amide bonds. The zero-order valence-corrected chi connectivity index (χ0v) is 19.3. The van der Waals surface area contributed by atoms with E-state index in [-0.39, 0.29) is 7.34 Å². The van der Waals surface area contributed by atoms with E-state index in [2.05, 4.69) is 16.9 Å². The first kappa shape index (κ1) is 25.1. The van der Waals surface area contributed by atoms with Crippen LogP contribution in [0.4, 0.5) is 0 Å². The Morgan fingerprint density at radius 2 is 1.41 bits per heavy atom. The van der Waals surface area contributed by atoms with E-state index in [1.165, 1.54) is 0 Å². The van der Waals surface area contributed by atoms with Gasteiger partial charge in [-0.2, -0.15) is 0 Å². The number of sulfonamides is 1. The standard InChI is InChI=1S/C21H29NO4S.C2H6.H2/c1-16(2)27(23,24)22-15-17(3)18-5-7-19(8-6-18)20-9-11-21(12-10-20)26-14-13-25-4;1-2;/h5-12,16-17,22H,13-15H2,1-4H3;1-2H3;1H. The summed E-state index contributed by atoms with van der Waals surface area (Å²) in [4.78, 5) is 0. The third-order valence-electron chi connectivity index (χ3n) is 4.43. The minimum Gasteiger partial charge on any atom is -0.491 e. The molecule has 164 valence electrons. The second-order valence-electron chi connectivity index (χ2n) is 6.83. The fourth-order valence-electron chi connectivity index (χ4n) is 2.52. The van der Waals surface area contributed by atoms with Gasteiger partial charge in [-0.3, -0.25) is 0 Å². The Morgan fingerprint density at radius 1 is 0.897 bits per heavy atom. The quantitative estimate of drug-likeness (QED) is 0.541. The molecular formula is C23H37NO4S. The van der Waals surface area contributed by atoms with E-state index in [9.17, 15) is 8.42 Å². The molecule has 1 atom stereocenters. The largest absolute Gasteiger partial charge is 0.491 e. The Morgan fingerprint density at radius 3 is 1.90 bits per heavy atom. The lowest BCUT2D eigenvalue weighted by molar-refractivity contribution is 0.146. The summed E-state index contributed by atoms with van der Waals surface area (Å²) in [7, 11) is -1.59. The zero-order valence-electron chi connectivity index (χ0n) is 18.4. The Balaban J connectivity index is 0.00000272. The third-order valence-corrected chi connectivity index (χ3v) is 6.25. The van der Waals surface area contributed by atoms with Crippen molar-refractivity contribution < 1.29 is 19.3 Å². The van der Waals surface area contributed by atoms with Crippen molar-refractivity contribution in [1.82, 2.24) is 4.72 Å². The Bertz CT molecular complexity index is 806. The summed E-state index contributed by atoms with van der Waals surface area (Å²) >= 11 is 0. The molecule has 1 N–H and O–H groups in total. The van der Waals surface area contributed by atoms with E-state index in [0.29, 0.717) is 19.8 Å². The molecule has 0 heterocycles. The molecule has 0 aliphatic rings. The number of rotatable bonds is 10. The van der Waals surface area contributed by atoms with Gasteiger partial charge in [-0.15, -0.1) is 0 Å². The van der Waals surface area contributed by atoms with Crippen molar-refractivity contribution in [3.63, 3.8) is 0 Å². The van der Waals surface area contributed by atoms with Gasteiger partial charge in [0.2, 0.25) is 10.0 Å². The molecule has 1 unspecified atom stereocenters. The summed E-state index contributed by atoms with van der Waals surface area (Å²) in [6, 6.07) is 16.2. The molecule has 0 saturated heterocycles. The summed E-state index contributed by atoms with van der Waals surface area (Å²) < 4.78 is 37.0. The Kier molecular flexibility index (Phi) is 10.9. The van der Waals surface area contributed by atoms with Crippen LogP contribution in [-0.2, 0) is 14.8 Å². The van der Waals surface area contributed by atoms with Crippen molar-refractivity contribution in [2.45, 2.75) is 45.8 Å². The number of methoxy groups -OCH3 is 1. The molecule has 0 saturated carbocycles. The number of hydrogen-bond donors (Lipinski definition) is 1. The maximum Gasteiger partial charge on any atom is 0.213 e. The fourth-order valence-corrected chi connectivity index (χ4v) is 3.33. The van der Waals surface area contributed by atoms with Crippen molar-refractivity contribution in [1.29, 1.82) is 0 Å². The van der Waals surface area contributed by atoms with Gasteiger partial charge < -0.3 is 9.47 Å². The van der Waals surface area contributed by atoms with Crippen LogP contribution < -0.4 is 9.46 Å². The highest BCUT2D eigenvalue weighted by Crippen LogP contribution is 2.25. The molecule has 0 aliphatic heterocycles. The maximum atomic E-state index is 11.9. The zero-order chi connectivity index (χ0) is 21.9. The van der Waals surface area contributed by atoms with E-state index in [1.54, 1.807) is 21.0 Å². The lowest BCUT2D eigenvalue weighted by Gasteiger charge is -2.15. The lowest BCUT2D eigenvalue weighted by atomic mass is 9.98. The topological polar surface area (TPSA) is 64.6 Å². The van der Waals surface area contributed by atoms with Crippen LogP contribution in [0.5, 0.6) is 5.75 Å². The van der Waals surface area contributed by atoms with Crippen LogP contribution in [0.3, 0.4) is 0 Å². The van der Waals surface area contributed by atoms with Gasteiger partial charge >= 0.3 is 0 Å². The smallest absolute Gasteiger partial charge is 0.213 e. The maximum absolute atomic E-state index is 11.9. The van der Waals surface area contributed by atoms with Crippen LogP contribution in [-0.4, -0.2) is 40.5 Å². The molecule has 0 aliphatic carbocycles. The molecular weight excluding hydrogens is 386 g/mol. The second-order valence-corrected chi connectivity index (χ2v) is 9.15. The summed E-state index contributed by atoms with van der Waals surface area (Å²) in [5.74, 6) is 0.919. The van der Waals surface area contributed by atoms with Crippen LogP contribution >= 0.6 is 0 Å². The number of benzene rings is 2. The van der Waals surface area contributed by atoms with E-state index < -0.39 is 15.3 Å². The highest BCUT2D eigenvalue weighted by molar-refractivity contribution is 7.90. The first-order valence-electron chi connectivity index (χ1n) is 10.1. The van der Waals surface area contributed by atoms with Crippen LogP contribution in [0, 0.1) is 0 Å². The molecule has 6 heteroatoms. The number of ether oxygens (including phenoxy) is 2. The molecule has 0 aromatic heterocycles. The van der Waals surface area contributed by atoms with Gasteiger partial charge in [0.05, 0.1) is 11.9 Å². The Labute approximate surface area is 178 Å². The predicted molar refractivity (Wildman–Crippen MR) is 123 cm³/mol. The van der Waals surface area contributed by atoms with Gasteiger partial charge in [-0.1, -0.05) is 57.2 Å². The molecule has 0 fully saturated rings. The summed E-state index contributed by atoms with van der Waals surface area (Å²) in [6.07, 6.45) is 0. The van der Waals surface area contributed by atoms with Gasteiger partial charge in [0.15, 0.2) is 0 Å². The molecule has 0 radical (unpaired) electrons. The predicted octanol–water partition coefficient (Wildman–Crippen LogP) is 5.08. The van der Waals surface area contributed by atoms with Crippen LogP contribution in [0.1, 0.15) is 47.5 Å². The highest BCUT2D eigenvalue weighted by atomic mass is 32.2. The average Bonchev–Trinajstić information content (AvgIpc) is 2.74. The molecule has 2 aromatic carbocycles. The Hall–Kier alpha value is -1.89. The molecule has 2 rings (SSSR count). The van der Waals surface area contributed by atoms with Crippen LogP contribution in [0.15, 0.2) is 48.5 Å². The molecule has 0 bridgehead atoms. The van der Waals surface area contributed by atoms with Crippen molar-refractivity contribution in [3.05, 3.63) is 54.1 Å². The summed E-state index contributed by atoms with van der Waals surface area (Å²) in [5.41, 5.74) is 3.32. The first-order chi connectivity index (χ1) is 13.8. The van der Waals surface area contributed by atoms with Gasteiger partial charge in [0, 0.05) is 15.1 Å². The van der Waals surface area contributed by atoms with Crippen molar-refractivity contribution in [2.24, 2.45) is 0 Å². The van der Waals surface area contributed by atoms with Gasteiger partial charge in [0.1, 0.15) is 12.4 Å². The highest BCUT2D eigenvalue weighted by Gasteiger charge is 2.17. The fraction of sp³-hybridized carbons (Fsp3) is 0.478. The minimum atomic E-state index is -3.23. The number of nitrogens with one attached hydrogen (secondary N) is 1. The van der Waals surface area contributed by atoms with E-state index in [1.807, 2.05) is 57.2 Å². The van der Waals surface area contributed by atoms with Gasteiger partial charge in [-0.05, 0) is 48.6 Å². The lowest BCUT2D eigenvalue weighted by Crippen LogP contribution is -2.33. The average molecular weight is 424 g/mol. The first-order valence-corrected chi connectivity index (χ1v) is 11.7. The minimum absolute atomic E-state index is 0. The van der Waals surface area contributed by atoms with Crippen LogP contribution in [0.2, 0.25) is 0 Å². The molecule has 29 heavy (non-hydrogen) atoms. The van der Waals surface area contributed by atoms with Crippen molar-refractivity contribution in [2.75, 3.05) is 26.9 Å². The van der Waals surface area contributed by atoms with E-state index in [0.717, 1.165) is 22.4 Å². The van der Waals surface area contributed by atoms with Gasteiger partial charge in [-0.25, -0.2) is 13.1 Å².